The summed E-state index contributed by atoms with van der Waals surface area (Å²) in [5.41, 5.74) is 0.537. The summed E-state index contributed by atoms with van der Waals surface area (Å²) in [7, 11) is 0. The van der Waals surface area contributed by atoms with E-state index in [0.29, 0.717) is 62.9 Å². The molecular formula is C30H40ClN3O6. The van der Waals surface area contributed by atoms with E-state index in [4.69, 9.17) is 21.1 Å². The van der Waals surface area contributed by atoms with E-state index >= 15 is 0 Å². The summed E-state index contributed by atoms with van der Waals surface area (Å²) in [6.45, 7) is 5.85. The highest BCUT2D eigenvalue weighted by molar-refractivity contribution is 6.30. The SMILES string of the molecule is CCOC(=O)N1CCN(C(=O)C[C@@H]2C(=O)N(CCc3ccc(Cl)cc3)/C3=C/CCCCC[C@@]32C(=O)OCC)CC1. The Morgan fingerprint density at radius 2 is 1.62 bits per heavy atom. The number of piperazine rings is 1. The first-order valence-corrected chi connectivity index (χ1v) is 14.8. The molecular weight excluding hydrogens is 534 g/mol. The number of carbonyl (C=O) groups is 4. The van der Waals surface area contributed by atoms with Gasteiger partial charge in [-0.2, -0.15) is 0 Å². The molecule has 0 unspecified atom stereocenters. The molecule has 0 bridgehead atoms. The van der Waals surface area contributed by atoms with Crippen LogP contribution in [0.2, 0.25) is 5.02 Å². The molecule has 0 radical (unpaired) electrons. The molecule has 0 spiro atoms. The molecule has 218 valence electrons. The second-order valence-electron chi connectivity index (χ2n) is 10.6. The lowest BCUT2D eigenvalue weighted by Gasteiger charge is -2.36. The van der Waals surface area contributed by atoms with Crippen molar-refractivity contribution in [3.05, 3.63) is 46.6 Å². The first-order valence-electron chi connectivity index (χ1n) is 14.4. The normalized spacial score (nSPS) is 24.5. The van der Waals surface area contributed by atoms with Crippen molar-refractivity contribution in [3.8, 4) is 0 Å². The predicted octanol–water partition coefficient (Wildman–Crippen LogP) is 4.43. The first-order chi connectivity index (χ1) is 19.3. The van der Waals surface area contributed by atoms with Crippen LogP contribution in [0.25, 0.3) is 0 Å². The fraction of sp³-hybridized carbons (Fsp3) is 0.600. The molecule has 2 atom stereocenters. The van der Waals surface area contributed by atoms with Gasteiger partial charge in [-0.15, -0.1) is 0 Å². The molecule has 0 N–H and O–H groups in total. The summed E-state index contributed by atoms with van der Waals surface area (Å²) >= 11 is 6.05. The largest absolute Gasteiger partial charge is 0.465 e. The molecule has 3 amide bonds. The third-order valence-electron chi connectivity index (χ3n) is 8.23. The average Bonchev–Trinajstić information content (AvgIpc) is 3.15. The number of halogens is 1. The van der Waals surface area contributed by atoms with Gasteiger partial charge in [-0.1, -0.05) is 42.7 Å². The van der Waals surface area contributed by atoms with Gasteiger partial charge in [-0.05, 0) is 57.2 Å². The van der Waals surface area contributed by atoms with Crippen LogP contribution in [0.4, 0.5) is 4.79 Å². The number of ether oxygens (including phenoxy) is 2. The highest BCUT2D eigenvalue weighted by atomic mass is 35.5. The van der Waals surface area contributed by atoms with Crippen LogP contribution in [0.3, 0.4) is 0 Å². The quantitative estimate of drug-likeness (QED) is 0.427. The van der Waals surface area contributed by atoms with Crippen molar-refractivity contribution in [1.29, 1.82) is 0 Å². The number of benzene rings is 1. The fourth-order valence-electron chi connectivity index (χ4n) is 6.15. The van der Waals surface area contributed by atoms with Crippen LogP contribution in [-0.2, 0) is 30.3 Å². The Morgan fingerprint density at radius 3 is 2.30 bits per heavy atom. The molecule has 2 saturated heterocycles. The van der Waals surface area contributed by atoms with E-state index < -0.39 is 17.3 Å². The Hall–Kier alpha value is -3.07. The van der Waals surface area contributed by atoms with Gasteiger partial charge < -0.3 is 24.2 Å². The Kier molecular flexibility index (Phi) is 10.1. The topological polar surface area (TPSA) is 96.5 Å². The smallest absolute Gasteiger partial charge is 0.409 e. The van der Waals surface area contributed by atoms with Crippen LogP contribution >= 0.6 is 11.6 Å². The number of hydrogen-bond acceptors (Lipinski definition) is 6. The maximum Gasteiger partial charge on any atom is 0.409 e. The summed E-state index contributed by atoms with van der Waals surface area (Å²) in [6, 6.07) is 7.52. The van der Waals surface area contributed by atoms with Gasteiger partial charge >= 0.3 is 12.1 Å². The molecule has 2 aliphatic heterocycles. The Bertz CT molecular complexity index is 1110. The van der Waals surface area contributed by atoms with E-state index in [9.17, 15) is 19.2 Å². The molecule has 0 saturated carbocycles. The number of likely N-dealkylation sites (tertiary alicyclic amines) is 1. The number of fused-ring (bicyclic) bond motifs is 1. The third-order valence-corrected chi connectivity index (χ3v) is 8.49. The van der Waals surface area contributed by atoms with Crippen molar-refractivity contribution in [2.24, 2.45) is 11.3 Å². The minimum Gasteiger partial charge on any atom is -0.465 e. The fourth-order valence-corrected chi connectivity index (χ4v) is 6.27. The lowest BCUT2D eigenvalue weighted by molar-refractivity contribution is -0.158. The Morgan fingerprint density at radius 1 is 0.950 bits per heavy atom. The van der Waals surface area contributed by atoms with Gasteiger partial charge in [0.2, 0.25) is 11.8 Å². The van der Waals surface area contributed by atoms with Crippen molar-refractivity contribution in [3.63, 3.8) is 0 Å². The minimum atomic E-state index is -1.18. The van der Waals surface area contributed by atoms with Gasteiger partial charge in [0.05, 0.1) is 19.1 Å². The average molecular weight is 574 g/mol. The summed E-state index contributed by atoms with van der Waals surface area (Å²) in [6.07, 6.45) is 6.09. The van der Waals surface area contributed by atoms with Gasteiger partial charge in [0, 0.05) is 49.9 Å². The molecule has 2 heterocycles. The van der Waals surface area contributed by atoms with Crippen molar-refractivity contribution >= 4 is 35.5 Å². The summed E-state index contributed by atoms with van der Waals surface area (Å²) < 4.78 is 10.7. The zero-order valence-corrected chi connectivity index (χ0v) is 24.3. The molecule has 9 nitrogen and oxygen atoms in total. The molecule has 3 aliphatic rings. The molecule has 2 fully saturated rings. The number of carbonyl (C=O) groups excluding carboxylic acids is 4. The number of nitrogens with zero attached hydrogens (tertiary/aromatic N) is 3. The monoisotopic (exact) mass is 573 g/mol. The van der Waals surface area contributed by atoms with E-state index in [2.05, 4.69) is 0 Å². The maximum absolute atomic E-state index is 14.1. The Balaban J connectivity index is 1.59. The highest BCUT2D eigenvalue weighted by Gasteiger charge is 2.61. The van der Waals surface area contributed by atoms with Crippen LogP contribution < -0.4 is 0 Å². The minimum absolute atomic E-state index is 0.0775. The van der Waals surface area contributed by atoms with Gasteiger partial charge in [0.25, 0.3) is 0 Å². The van der Waals surface area contributed by atoms with Crippen molar-refractivity contribution < 1.29 is 28.7 Å². The van der Waals surface area contributed by atoms with Crippen LogP contribution in [-0.4, -0.2) is 84.5 Å². The van der Waals surface area contributed by atoms with Crippen molar-refractivity contribution in [2.75, 3.05) is 45.9 Å². The highest BCUT2D eigenvalue weighted by Crippen LogP contribution is 2.52. The van der Waals surface area contributed by atoms with Gasteiger partial charge in [-0.25, -0.2) is 4.79 Å². The van der Waals surface area contributed by atoms with Gasteiger partial charge in [0.1, 0.15) is 5.41 Å². The van der Waals surface area contributed by atoms with E-state index in [1.165, 1.54) is 0 Å². The maximum atomic E-state index is 14.1. The second-order valence-corrected chi connectivity index (χ2v) is 11.0. The Labute approximate surface area is 241 Å². The van der Waals surface area contributed by atoms with Crippen LogP contribution in [0, 0.1) is 11.3 Å². The molecule has 1 aliphatic carbocycles. The van der Waals surface area contributed by atoms with E-state index in [1.807, 2.05) is 30.3 Å². The van der Waals surface area contributed by atoms with Crippen LogP contribution in [0.1, 0.15) is 57.9 Å². The number of esters is 1. The van der Waals surface area contributed by atoms with Crippen molar-refractivity contribution in [1.82, 2.24) is 14.7 Å². The second kappa shape index (κ2) is 13.5. The summed E-state index contributed by atoms with van der Waals surface area (Å²) in [5, 5.41) is 0.645. The molecule has 40 heavy (non-hydrogen) atoms. The molecule has 1 aromatic rings. The summed E-state index contributed by atoms with van der Waals surface area (Å²) in [4.78, 5) is 58.6. The number of rotatable bonds is 8. The van der Waals surface area contributed by atoms with Crippen LogP contribution in [0.15, 0.2) is 36.0 Å². The van der Waals surface area contributed by atoms with E-state index in [1.54, 1.807) is 28.5 Å². The molecule has 4 rings (SSSR count). The zero-order chi connectivity index (χ0) is 28.7. The molecule has 1 aromatic carbocycles. The van der Waals surface area contributed by atoms with Gasteiger partial charge in [0.15, 0.2) is 0 Å². The number of amides is 3. The zero-order valence-electron chi connectivity index (χ0n) is 23.5. The van der Waals surface area contributed by atoms with Crippen LogP contribution in [0.5, 0.6) is 0 Å². The standard InChI is InChI=1S/C30H40ClN3O6/c1-3-39-28(37)30-15-8-6-5-7-9-25(30)34(16-14-22-10-12-23(31)13-11-22)27(36)24(30)21-26(35)32-17-19-33(20-18-32)29(38)40-4-2/h9-13,24H,3-8,14-21H2,1-2H3/b25-9+/t24-,30+/m1/s1. The third kappa shape index (κ3) is 6.29. The predicted molar refractivity (Wildman–Crippen MR) is 150 cm³/mol. The van der Waals surface area contributed by atoms with Crippen molar-refractivity contribution in [2.45, 2.75) is 58.8 Å². The van der Waals surface area contributed by atoms with E-state index in [-0.39, 0.29) is 30.9 Å². The summed E-state index contributed by atoms with van der Waals surface area (Å²) in [5.74, 6) is -1.65. The van der Waals surface area contributed by atoms with E-state index in [0.717, 1.165) is 31.2 Å². The lowest BCUT2D eigenvalue weighted by Crippen LogP contribution is -2.51. The lowest BCUT2D eigenvalue weighted by atomic mass is 9.69. The van der Waals surface area contributed by atoms with Gasteiger partial charge in [-0.3, -0.25) is 14.4 Å². The molecule has 0 aromatic heterocycles. The molecule has 10 heteroatoms. The number of hydrogen-bond donors (Lipinski definition) is 0. The number of allylic oxidation sites excluding steroid dienone is 1. The first kappa shape index (κ1) is 29.9.